The molecule has 0 atom stereocenters. The Morgan fingerprint density at radius 3 is 2.61 bits per heavy atom. The minimum absolute atomic E-state index is 0.0582. The van der Waals surface area contributed by atoms with Gasteiger partial charge in [0.15, 0.2) is 5.76 Å². The van der Waals surface area contributed by atoms with Crippen molar-refractivity contribution in [1.82, 2.24) is 9.78 Å². The summed E-state index contributed by atoms with van der Waals surface area (Å²) in [6.45, 7) is -0.0582. The average molecular weight is 320 g/mol. The maximum Gasteiger partial charge on any atom is 0.416 e. The van der Waals surface area contributed by atoms with Gasteiger partial charge in [0.25, 0.3) is 5.56 Å². The molecule has 3 aromatic rings. The Hall–Kier alpha value is -2.83. The highest BCUT2D eigenvalue weighted by molar-refractivity contribution is 5.50. The third-order valence-corrected chi connectivity index (χ3v) is 3.23. The Bertz CT molecular complexity index is 868. The van der Waals surface area contributed by atoms with Crippen LogP contribution in [0.5, 0.6) is 0 Å². The first-order valence-electron chi connectivity index (χ1n) is 6.72. The summed E-state index contributed by atoms with van der Waals surface area (Å²) in [5, 5.41) is 4.13. The molecule has 0 radical (unpaired) electrons. The van der Waals surface area contributed by atoms with Crippen LogP contribution in [-0.2, 0) is 12.7 Å². The second kappa shape index (κ2) is 5.75. The molecular weight excluding hydrogens is 309 g/mol. The van der Waals surface area contributed by atoms with Crippen molar-refractivity contribution in [3.63, 3.8) is 0 Å². The summed E-state index contributed by atoms with van der Waals surface area (Å²) in [6, 6.07) is 11.0. The molecule has 0 unspecified atom stereocenters. The highest BCUT2D eigenvalue weighted by Crippen LogP contribution is 2.29. The predicted molar refractivity (Wildman–Crippen MR) is 76.7 cm³/mol. The second-order valence-corrected chi connectivity index (χ2v) is 4.89. The number of nitrogens with zero attached hydrogens (tertiary/aromatic N) is 2. The van der Waals surface area contributed by atoms with Crippen molar-refractivity contribution in [2.45, 2.75) is 12.7 Å². The second-order valence-electron chi connectivity index (χ2n) is 4.89. The molecular formula is C16H11F3N2O2. The molecule has 2 aromatic heterocycles. The van der Waals surface area contributed by atoms with E-state index in [-0.39, 0.29) is 6.54 Å². The number of furan rings is 1. The van der Waals surface area contributed by atoms with Gasteiger partial charge in [-0.2, -0.15) is 18.3 Å². The number of halogens is 3. The third-order valence-electron chi connectivity index (χ3n) is 3.23. The molecule has 0 bridgehead atoms. The fourth-order valence-corrected chi connectivity index (χ4v) is 2.14. The summed E-state index contributed by atoms with van der Waals surface area (Å²) in [7, 11) is 0. The van der Waals surface area contributed by atoms with Crippen LogP contribution < -0.4 is 5.56 Å². The Morgan fingerprint density at radius 1 is 1.09 bits per heavy atom. The standard InChI is InChI=1S/C16H11F3N2O2/c17-16(18,19)12-4-1-3-11(9-12)10-21-15(22)7-6-13(20-21)14-5-2-8-23-14/h1-9H,10H2. The Balaban J connectivity index is 1.94. The van der Waals surface area contributed by atoms with Crippen LogP contribution in [0.15, 0.2) is 64.0 Å². The molecule has 118 valence electrons. The summed E-state index contributed by atoms with van der Waals surface area (Å²) in [6.07, 6.45) is -2.95. The fraction of sp³-hybridized carbons (Fsp3) is 0.125. The maximum atomic E-state index is 12.7. The van der Waals surface area contributed by atoms with E-state index in [1.54, 1.807) is 12.1 Å². The molecule has 0 aliphatic carbocycles. The molecule has 7 heteroatoms. The molecule has 2 heterocycles. The number of alkyl halides is 3. The van der Waals surface area contributed by atoms with Gasteiger partial charge in [-0.05, 0) is 35.9 Å². The molecule has 0 fully saturated rings. The van der Waals surface area contributed by atoms with Gasteiger partial charge in [0.2, 0.25) is 0 Å². The molecule has 0 amide bonds. The largest absolute Gasteiger partial charge is 0.463 e. The Kier molecular flexibility index (Phi) is 3.77. The van der Waals surface area contributed by atoms with E-state index < -0.39 is 17.3 Å². The summed E-state index contributed by atoms with van der Waals surface area (Å²) in [4.78, 5) is 11.9. The first-order chi connectivity index (χ1) is 10.9. The van der Waals surface area contributed by atoms with Crippen molar-refractivity contribution in [3.8, 4) is 11.5 Å². The maximum absolute atomic E-state index is 12.7. The lowest BCUT2D eigenvalue weighted by Gasteiger charge is -2.10. The van der Waals surface area contributed by atoms with E-state index in [2.05, 4.69) is 5.10 Å². The minimum atomic E-state index is -4.43. The lowest BCUT2D eigenvalue weighted by Crippen LogP contribution is -2.23. The fourth-order valence-electron chi connectivity index (χ4n) is 2.14. The van der Waals surface area contributed by atoms with Gasteiger partial charge in [0.05, 0.1) is 18.4 Å². The van der Waals surface area contributed by atoms with Gasteiger partial charge in [-0.25, -0.2) is 4.68 Å². The molecule has 1 aromatic carbocycles. The molecule has 3 rings (SSSR count). The SMILES string of the molecule is O=c1ccc(-c2ccco2)nn1Cc1cccc(C(F)(F)F)c1. The van der Waals surface area contributed by atoms with Gasteiger partial charge in [0.1, 0.15) is 5.69 Å². The smallest absolute Gasteiger partial charge is 0.416 e. The molecule has 0 saturated carbocycles. The predicted octanol–water partition coefficient (Wildman–Crippen LogP) is 3.57. The summed E-state index contributed by atoms with van der Waals surface area (Å²) < 4.78 is 44.5. The first-order valence-corrected chi connectivity index (χ1v) is 6.72. The van der Waals surface area contributed by atoms with Crippen LogP contribution in [0.25, 0.3) is 11.5 Å². The van der Waals surface area contributed by atoms with Crippen molar-refractivity contribution in [2.24, 2.45) is 0 Å². The van der Waals surface area contributed by atoms with Gasteiger partial charge >= 0.3 is 6.18 Å². The molecule has 4 nitrogen and oxygen atoms in total. The number of aromatic nitrogens is 2. The van der Waals surface area contributed by atoms with Crippen molar-refractivity contribution >= 4 is 0 Å². The van der Waals surface area contributed by atoms with E-state index in [9.17, 15) is 18.0 Å². The van der Waals surface area contributed by atoms with E-state index in [1.165, 1.54) is 30.5 Å². The van der Waals surface area contributed by atoms with Crippen LogP contribution in [0.3, 0.4) is 0 Å². The lowest BCUT2D eigenvalue weighted by molar-refractivity contribution is -0.137. The van der Waals surface area contributed by atoms with Crippen LogP contribution >= 0.6 is 0 Å². The van der Waals surface area contributed by atoms with E-state index >= 15 is 0 Å². The van der Waals surface area contributed by atoms with Crippen molar-refractivity contribution in [3.05, 3.63) is 76.3 Å². The number of hydrogen-bond donors (Lipinski definition) is 0. The van der Waals surface area contributed by atoms with E-state index in [4.69, 9.17) is 4.42 Å². The molecule has 0 aliphatic heterocycles. The molecule has 0 spiro atoms. The summed E-state index contributed by atoms with van der Waals surface area (Å²) >= 11 is 0. The summed E-state index contributed by atoms with van der Waals surface area (Å²) in [5.41, 5.74) is -0.393. The number of benzene rings is 1. The zero-order chi connectivity index (χ0) is 16.4. The van der Waals surface area contributed by atoms with Crippen molar-refractivity contribution in [1.29, 1.82) is 0 Å². The lowest BCUT2D eigenvalue weighted by atomic mass is 10.1. The Morgan fingerprint density at radius 2 is 1.91 bits per heavy atom. The van der Waals surface area contributed by atoms with Crippen molar-refractivity contribution < 1.29 is 17.6 Å². The average Bonchev–Trinajstić information content (AvgIpc) is 3.03. The van der Waals surface area contributed by atoms with Crippen LogP contribution in [0.2, 0.25) is 0 Å². The molecule has 0 aliphatic rings. The quantitative estimate of drug-likeness (QED) is 0.741. The molecule has 23 heavy (non-hydrogen) atoms. The Labute approximate surface area is 128 Å². The number of rotatable bonds is 3. The third kappa shape index (κ3) is 3.33. The highest BCUT2D eigenvalue weighted by atomic mass is 19.4. The minimum Gasteiger partial charge on any atom is -0.463 e. The molecule has 0 N–H and O–H groups in total. The van der Waals surface area contributed by atoms with Crippen LogP contribution in [0.1, 0.15) is 11.1 Å². The van der Waals surface area contributed by atoms with Gasteiger partial charge < -0.3 is 4.42 Å². The zero-order valence-electron chi connectivity index (χ0n) is 11.7. The van der Waals surface area contributed by atoms with Gasteiger partial charge in [0, 0.05) is 6.07 Å². The highest BCUT2D eigenvalue weighted by Gasteiger charge is 2.30. The van der Waals surface area contributed by atoms with Crippen molar-refractivity contribution in [2.75, 3.05) is 0 Å². The van der Waals surface area contributed by atoms with Crippen LogP contribution in [0, 0.1) is 0 Å². The van der Waals surface area contributed by atoms with E-state index in [1.807, 2.05) is 0 Å². The zero-order valence-corrected chi connectivity index (χ0v) is 11.7. The van der Waals surface area contributed by atoms with E-state index in [0.29, 0.717) is 17.0 Å². The van der Waals surface area contributed by atoms with Gasteiger partial charge in [-0.1, -0.05) is 12.1 Å². The first kappa shape index (κ1) is 15.1. The van der Waals surface area contributed by atoms with Crippen LogP contribution in [0.4, 0.5) is 13.2 Å². The van der Waals surface area contributed by atoms with Gasteiger partial charge in [-0.15, -0.1) is 0 Å². The number of hydrogen-bond acceptors (Lipinski definition) is 3. The normalized spacial score (nSPS) is 11.6. The van der Waals surface area contributed by atoms with Crippen LogP contribution in [-0.4, -0.2) is 9.78 Å². The summed E-state index contributed by atoms with van der Waals surface area (Å²) in [5.74, 6) is 0.475. The molecule has 0 saturated heterocycles. The van der Waals surface area contributed by atoms with E-state index in [0.717, 1.165) is 16.8 Å². The monoisotopic (exact) mass is 320 g/mol. The van der Waals surface area contributed by atoms with Gasteiger partial charge in [-0.3, -0.25) is 4.79 Å². The topological polar surface area (TPSA) is 48.0 Å².